The topological polar surface area (TPSA) is 105 Å². The van der Waals surface area contributed by atoms with E-state index in [0.717, 1.165) is 78.8 Å². The molecular formula is C28H32F3N7O. The van der Waals surface area contributed by atoms with Gasteiger partial charge in [-0.15, -0.1) is 0 Å². The molecule has 1 aromatic carbocycles. The van der Waals surface area contributed by atoms with Crippen molar-refractivity contribution in [3.05, 3.63) is 71.9 Å². The lowest BCUT2D eigenvalue weighted by molar-refractivity contribution is -0.137. The lowest BCUT2D eigenvalue weighted by Crippen LogP contribution is -2.39. The van der Waals surface area contributed by atoms with Crippen LogP contribution in [0.2, 0.25) is 0 Å². The van der Waals surface area contributed by atoms with Crippen LogP contribution < -0.4 is 11.1 Å². The molecule has 4 N–H and O–H groups in total. The van der Waals surface area contributed by atoms with Crippen LogP contribution in [-0.2, 0) is 12.7 Å². The van der Waals surface area contributed by atoms with Gasteiger partial charge in [0.25, 0.3) is 0 Å². The van der Waals surface area contributed by atoms with Crippen LogP contribution in [0.25, 0.3) is 16.8 Å². The maximum atomic E-state index is 13.0. The van der Waals surface area contributed by atoms with Crippen molar-refractivity contribution in [2.24, 2.45) is 0 Å². The normalized spacial score (nSPS) is 17.4. The summed E-state index contributed by atoms with van der Waals surface area (Å²) in [5.74, 6) is 1.66. The zero-order valence-corrected chi connectivity index (χ0v) is 21.7. The number of halogens is 3. The van der Waals surface area contributed by atoms with Crippen molar-refractivity contribution < 1.29 is 18.3 Å². The van der Waals surface area contributed by atoms with Crippen LogP contribution in [0.5, 0.6) is 0 Å². The summed E-state index contributed by atoms with van der Waals surface area (Å²) in [6.45, 7) is 4.72. The molecular weight excluding hydrogens is 507 g/mol. The Morgan fingerprint density at radius 1 is 1.15 bits per heavy atom. The van der Waals surface area contributed by atoms with Crippen molar-refractivity contribution in [2.45, 2.75) is 50.9 Å². The summed E-state index contributed by atoms with van der Waals surface area (Å²) in [6, 6.07) is 9.62. The van der Waals surface area contributed by atoms with Gasteiger partial charge in [-0.25, -0.2) is 15.0 Å². The highest BCUT2D eigenvalue weighted by molar-refractivity contribution is 5.85. The number of alkyl halides is 3. The largest absolute Gasteiger partial charge is 0.416 e. The molecule has 4 aromatic rings. The van der Waals surface area contributed by atoms with E-state index in [1.54, 1.807) is 6.20 Å². The SMILES string of the molecule is CC[C@H](O)CN1CCC[C@@H](c2nc(-c3ccc(CNc4cc(C(F)(F)F)ccn4)cc3)c3c(N)nccn23)C1. The summed E-state index contributed by atoms with van der Waals surface area (Å²) in [6.07, 6.45) is 2.69. The lowest BCUT2D eigenvalue weighted by Gasteiger charge is -2.33. The Morgan fingerprint density at radius 3 is 2.69 bits per heavy atom. The molecule has 39 heavy (non-hydrogen) atoms. The summed E-state index contributed by atoms with van der Waals surface area (Å²) in [5, 5.41) is 13.1. The van der Waals surface area contributed by atoms with Crippen molar-refractivity contribution in [2.75, 3.05) is 30.7 Å². The quantitative estimate of drug-likeness (QED) is 0.291. The van der Waals surface area contributed by atoms with Crippen LogP contribution in [0.15, 0.2) is 55.0 Å². The van der Waals surface area contributed by atoms with E-state index in [4.69, 9.17) is 10.7 Å². The second-order valence-corrected chi connectivity index (χ2v) is 9.99. The molecule has 0 amide bonds. The van der Waals surface area contributed by atoms with Gasteiger partial charge < -0.3 is 21.1 Å². The second kappa shape index (κ2) is 11.2. The van der Waals surface area contributed by atoms with Crippen molar-refractivity contribution in [3.63, 3.8) is 0 Å². The standard InChI is InChI=1S/C28H32F3N7O/c1-2-22(39)17-37-12-3-4-20(16-37)27-36-24(25-26(32)34-11-13-38(25)27)19-7-5-18(6-8-19)15-35-23-14-21(9-10-33-23)28(29,30)31/h5-11,13-14,20,22,39H,2-4,12,15-17H2,1H3,(H2,32,34)(H,33,35)/t20-,22+/m1/s1. The van der Waals surface area contributed by atoms with Gasteiger partial charge in [-0.05, 0) is 43.5 Å². The second-order valence-electron chi connectivity index (χ2n) is 9.99. The number of β-amino-alcohol motifs (C(OH)–C–C–N with tert-alkyl or cyclic N) is 1. The maximum absolute atomic E-state index is 13.0. The van der Waals surface area contributed by atoms with Gasteiger partial charge in [-0.1, -0.05) is 31.2 Å². The average Bonchev–Trinajstić information content (AvgIpc) is 3.33. The molecule has 8 nitrogen and oxygen atoms in total. The fourth-order valence-electron chi connectivity index (χ4n) is 5.11. The molecule has 3 aromatic heterocycles. The first-order valence-electron chi connectivity index (χ1n) is 13.1. The highest BCUT2D eigenvalue weighted by atomic mass is 19.4. The minimum Gasteiger partial charge on any atom is -0.392 e. The third-order valence-electron chi connectivity index (χ3n) is 7.21. The zero-order valence-electron chi connectivity index (χ0n) is 21.7. The smallest absolute Gasteiger partial charge is 0.392 e. The van der Waals surface area contributed by atoms with Crippen LogP contribution in [0.3, 0.4) is 0 Å². The van der Waals surface area contributed by atoms with E-state index in [9.17, 15) is 18.3 Å². The highest BCUT2D eigenvalue weighted by Gasteiger charge is 2.31. The van der Waals surface area contributed by atoms with E-state index in [1.807, 2.05) is 41.8 Å². The fraction of sp³-hybridized carbons (Fsp3) is 0.393. The van der Waals surface area contributed by atoms with E-state index >= 15 is 0 Å². The number of aromatic nitrogens is 4. The summed E-state index contributed by atoms with van der Waals surface area (Å²) >= 11 is 0. The van der Waals surface area contributed by atoms with Gasteiger partial charge in [-0.3, -0.25) is 4.40 Å². The summed E-state index contributed by atoms with van der Waals surface area (Å²) in [4.78, 5) is 15.6. The predicted octanol–water partition coefficient (Wildman–Crippen LogP) is 4.95. The molecule has 0 saturated carbocycles. The minimum atomic E-state index is -4.42. The number of nitrogens with zero attached hydrogens (tertiary/aromatic N) is 5. The Balaban J connectivity index is 1.37. The highest BCUT2D eigenvalue weighted by Crippen LogP contribution is 2.34. The number of benzene rings is 1. The van der Waals surface area contributed by atoms with Crippen LogP contribution in [0.4, 0.5) is 24.8 Å². The minimum absolute atomic E-state index is 0.158. The van der Waals surface area contributed by atoms with Gasteiger partial charge >= 0.3 is 6.18 Å². The number of nitrogens with two attached hydrogens (primary N) is 1. The monoisotopic (exact) mass is 539 g/mol. The van der Waals surface area contributed by atoms with Gasteiger partial charge in [0.15, 0.2) is 0 Å². The molecule has 0 bridgehead atoms. The number of pyridine rings is 1. The Kier molecular flexibility index (Phi) is 7.72. The Bertz CT molecular complexity index is 1420. The summed E-state index contributed by atoms with van der Waals surface area (Å²) in [7, 11) is 0. The first-order valence-corrected chi connectivity index (χ1v) is 13.1. The maximum Gasteiger partial charge on any atom is 0.416 e. The molecule has 5 rings (SSSR count). The molecule has 1 aliphatic rings. The summed E-state index contributed by atoms with van der Waals surface area (Å²) < 4.78 is 41.0. The van der Waals surface area contributed by atoms with Crippen molar-refractivity contribution in [3.8, 4) is 11.3 Å². The number of likely N-dealkylation sites (tertiary alicyclic amines) is 1. The first kappa shape index (κ1) is 26.9. The van der Waals surface area contributed by atoms with Gasteiger partial charge in [0.2, 0.25) is 0 Å². The number of nitrogens with one attached hydrogen (secondary N) is 1. The predicted molar refractivity (Wildman–Crippen MR) is 144 cm³/mol. The van der Waals surface area contributed by atoms with Gasteiger partial charge in [0.05, 0.1) is 11.7 Å². The third-order valence-corrected chi connectivity index (χ3v) is 7.21. The number of anilines is 2. The average molecular weight is 540 g/mol. The Morgan fingerprint density at radius 2 is 1.95 bits per heavy atom. The van der Waals surface area contributed by atoms with Crippen molar-refractivity contribution >= 4 is 17.2 Å². The van der Waals surface area contributed by atoms with Gasteiger partial charge in [-0.2, -0.15) is 13.2 Å². The number of fused-ring (bicyclic) bond motifs is 1. The van der Waals surface area contributed by atoms with E-state index in [-0.39, 0.29) is 17.8 Å². The summed E-state index contributed by atoms with van der Waals surface area (Å²) in [5.41, 5.74) is 8.81. The molecule has 1 aliphatic heterocycles. The van der Waals surface area contributed by atoms with Gasteiger partial charge in [0.1, 0.15) is 28.7 Å². The number of rotatable bonds is 8. The van der Waals surface area contributed by atoms with E-state index in [2.05, 4.69) is 20.2 Å². The van der Waals surface area contributed by atoms with Crippen LogP contribution >= 0.6 is 0 Å². The van der Waals surface area contributed by atoms with Crippen LogP contribution in [0.1, 0.15) is 49.1 Å². The number of hydrogen-bond donors (Lipinski definition) is 3. The van der Waals surface area contributed by atoms with Gasteiger partial charge in [0, 0.05) is 49.7 Å². The number of aliphatic hydroxyl groups is 1. The molecule has 1 fully saturated rings. The molecule has 0 radical (unpaired) electrons. The molecule has 0 unspecified atom stereocenters. The molecule has 4 heterocycles. The zero-order chi connectivity index (χ0) is 27.6. The molecule has 0 aliphatic carbocycles. The molecule has 0 spiro atoms. The lowest BCUT2D eigenvalue weighted by atomic mass is 9.96. The number of hydrogen-bond acceptors (Lipinski definition) is 7. The van der Waals surface area contributed by atoms with Crippen molar-refractivity contribution in [1.82, 2.24) is 24.3 Å². The third kappa shape index (κ3) is 5.99. The van der Waals surface area contributed by atoms with Crippen LogP contribution in [-0.4, -0.2) is 55.1 Å². The van der Waals surface area contributed by atoms with E-state index in [0.29, 0.717) is 18.9 Å². The Labute approximate surface area is 224 Å². The van der Waals surface area contributed by atoms with E-state index < -0.39 is 11.7 Å². The number of aliphatic hydroxyl groups excluding tert-OH is 1. The Hall–Kier alpha value is -3.70. The first-order chi connectivity index (χ1) is 18.7. The van der Waals surface area contributed by atoms with Crippen molar-refractivity contribution in [1.29, 1.82) is 0 Å². The number of piperidine rings is 1. The number of imidazole rings is 1. The molecule has 206 valence electrons. The molecule has 2 atom stereocenters. The molecule has 1 saturated heterocycles. The van der Waals surface area contributed by atoms with Crippen LogP contribution in [0, 0.1) is 0 Å². The van der Waals surface area contributed by atoms with E-state index in [1.165, 1.54) is 0 Å². The number of nitrogen functional groups attached to an aromatic ring is 1. The fourth-order valence-corrected chi connectivity index (χ4v) is 5.11. The molecule has 11 heteroatoms.